The maximum Gasteiger partial charge on any atom is 0.211 e. The molecule has 0 bridgehead atoms. The number of fused-ring (bicyclic) bond motifs is 1. The first kappa shape index (κ1) is 42.9. The van der Waals surface area contributed by atoms with Crippen molar-refractivity contribution in [1.29, 1.82) is 0 Å². The number of aromatic nitrogens is 6. The average molecular weight is 849 g/mol. The summed E-state index contributed by atoms with van der Waals surface area (Å²) < 4.78 is 59.9. The molecule has 0 saturated carbocycles. The zero-order chi connectivity index (χ0) is 43.1. The Bertz CT molecular complexity index is 2750. The molecule has 4 atom stereocenters. The molecule has 318 valence electrons. The molecule has 3 aliphatic rings. The van der Waals surface area contributed by atoms with Gasteiger partial charge in [-0.15, -0.1) is 0 Å². The van der Waals surface area contributed by atoms with E-state index in [-0.39, 0.29) is 60.8 Å². The molecule has 3 aliphatic heterocycles. The predicted octanol–water partition coefficient (Wildman–Crippen LogP) is 6.66. The molecule has 2 aromatic heterocycles. The smallest absolute Gasteiger partial charge is 0.211 e. The summed E-state index contributed by atoms with van der Waals surface area (Å²) in [6.45, 7) is -0.349. The number of rotatable bonds is 8. The van der Waals surface area contributed by atoms with E-state index in [1.165, 1.54) is 41.6 Å². The van der Waals surface area contributed by atoms with E-state index in [1.807, 2.05) is 11.9 Å². The average Bonchev–Trinajstić information content (AvgIpc) is 3.83. The lowest BCUT2D eigenvalue weighted by molar-refractivity contribution is -0.483. The van der Waals surface area contributed by atoms with Gasteiger partial charge in [0, 0.05) is 72.5 Å². The number of hydrogen-bond acceptors (Lipinski definition) is 11. The van der Waals surface area contributed by atoms with Crippen molar-refractivity contribution in [2.45, 2.75) is 31.1 Å². The van der Waals surface area contributed by atoms with Gasteiger partial charge >= 0.3 is 0 Å². The number of hydrogen-bond donors (Lipinski definition) is 0. The molecular weight excluding hydrogens is 809 g/mol. The summed E-state index contributed by atoms with van der Waals surface area (Å²) in [5.41, 5.74) is 3.64. The van der Waals surface area contributed by atoms with Crippen molar-refractivity contribution in [3.05, 3.63) is 170 Å². The maximum atomic E-state index is 14.9. The number of ketones is 2. The minimum Gasteiger partial charge on any atom is -0.373 e. The highest BCUT2D eigenvalue weighted by molar-refractivity contribution is 6.21. The van der Waals surface area contributed by atoms with E-state index >= 15 is 0 Å². The van der Waals surface area contributed by atoms with E-state index in [0.29, 0.717) is 52.3 Å². The van der Waals surface area contributed by atoms with Gasteiger partial charge in [-0.25, -0.2) is 27.5 Å². The van der Waals surface area contributed by atoms with Crippen LogP contribution in [0.4, 0.5) is 23.2 Å². The molecule has 0 amide bonds. The lowest BCUT2D eigenvalue weighted by Gasteiger charge is -2.28. The molecule has 0 N–H and O–H groups in total. The lowest BCUT2D eigenvalue weighted by atomic mass is 9.77. The van der Waals surface area contributed by atoms with Crippen LogP contribution >= 0.6 is 0 Å². The van der Waals surface area contributed by atoms with Gasteiger partial charge < -0.3 is 4.90 Å². The van der Waals surface area contributed by atoms with Crippen LogP contribution in [0.15, 0.2) is 102 Å². The Hall–Kier alpha value is -7.24. The summed E-state index contributed by atoms with van der Waals surface area (Å²) in [4.78, 5) is 55.6. The predicted molar refractivity (Wildman–Crippen MR) is 222 cm³/mol. The van der Waals surface area contributed by atoms with Crippen LogP contribution in [0.2, 0.25) is 0 Å². The molecule has 4 unspecified atom stereocenters. The first-order chi connectivity index (χ1) is 29.3. The van der Waals surface area contributed by atoms with E-state index < -0.39 is 46.5 Å². The number of benzene rings is 4. The molecule has 0 radical (unpaired) electrons. The highest BCUT2D eigenvalue weighted by Gasteiger charge is 2.43. The normalized spacial score (nSPS) is 17.6. The molecule has 5 heterocycles. The second kappa shape index (κ2) is 17.4. The third-order valence-electron chi connectivity index (χ3n) is 11.2. The Labute approximate surface area is 352 Å². The first-order valence-corrected chi connectivity index (χ1v) is 19.1. The van der Waals surface area contributed by atoms with E-state index in [4.69, 9.17) is 0 Å². The van der Waals surface area contributed by atoms with Crippen molar-refractivity contribution in [3.8, 4) is 0 Å². The van der Waals surface area contributed by atoms with Crippen molar-refractivity contribution < 1.29 is 32.1 Å². The number of aliphatic imine (C=N–C) groups is 2. The molecule has 0 aliphatic carbocycles. The van der Waals surface area contributed by atoms with Crippen molar-refractivity contribution in [1.82, 2.24) is 29.5 Å². The summed E-state index contributed by atoms with van der Waals surface area (Å²) in [5.74, 6) is -4.52. The number of nitro groups is 1. The number of anilines is 1. The Kier molecular flexibility index (Phi) is 12.0. The zero-order valence-electron chi connectivity index (χ0n) is 32.9. The van der Waals surface area contributed by atoms with Crippen molar-refractivity contribution in [3.63, 3.8) is 0 Å². The molecular formula is C44H40F4N10O4. The van der Waals surface area contributed by atoms with Crippen LogP contribution in [0.5, 0.6) is 0 Å². The van der Waals surface area contributed by atoms with E-state index in [1.54, 1.807) is 61.2 Å². The molecule has 9 rings (SSSR count). The second-order valence-electron chi connectivity index (χ2n) is 14.9. The topological polar surface area (TPSA) is 167 Å². The Morgan fingerprint density at radius 2 is 1.40 bits per heavy atom. The summed E-state index contributed by atoms with van der Waals surface area (Å²) >= 11 is 0. The largest absolute Gasteiger partial charge is 0.373 e. The van der Waals surface area contributed by atoms with Crippen molar-refractivity contribution in [2.75, 3.05) is 38.1 Å². The first-order valence-electron chi connectivity index (χ1n) is 19.1. The summed E-state index contributed by atoms with van der Waals surface area (Å²) in [6.07, 6.45) is 2.76. The van der Waals surface area contributed by atoms with Crippen LogP contribution in [0.1, 0.15) is 85.7 Å². The Morgan fingerprint density at radius 3 is 2.03 bits per heavy atom. The van der Waals surface area contributed by atoms with Crippen LogP contribution in [0.3, 0.4) is 0 Å². The number of likely N-dealkylation sites (N-methyl/N-ethyl adjacent to an activating group) is 1. The van der Waals surface area contributed by atoms with Gasteiger partial charge in [-0.1, -0.05) is 49.9 Å². The maximum absolute atomic E-state index is 14.9. The molecule has 4 aromatic carbocycles. The summed E-state index contributed by atoms with van der Waals surface area (Å²) in [7, 11) is 5.28. The van der Waals surface area contributed by atoms with Gasteiger partial charge in [0.1, 0.15) is 60.7 Å². The molecule has 14 nitrogen and oxygen atoms in total. The highest BCUT2D eigenvalue weighted by atomic mass is 19.1. The van der Waals surface area contributed by atoms with Crippen LogP contribution in [0, 0.1) is 33.4 Å². The number of halogens is 4. The number of aryl methyl sites for hydroxylation is 2. The lowest BCUT2D eigenvalue weighted by Crippen LogP contribution is -2.33. The molecule has 0 spiro atoms. The third kappa shape index (κ3) is 8.02. The molecule has 6 aromatic rings. The fourth-order valence-electron chi connectivity index (χ4n) is 8.52. The SMILES string of the molecule is C.CN1CC(c2ccc(F)cc2)C(c2ncnn2C)C2=NCC(=O)c3cc(F)cc1c32.Cn1ncnc1C(C1=NCC(=O)c2cc(F)cc(F)c21)C(C[N+](=O)[O-])c1ccccc1. The summed E-state index contributed by atoms with van der Waals surface area (Å²) in [5, 5.41) is 19.9. The molecule has 0 fully saturated rings. The fraction of sp³-hybridized carbons (Fsp3) is 0.273. The third-order valence-corrected chi connectivity index (χ3v) is 11.2. The number of carbonyl (C=O) groups is 2. The highest BCUT2D eigenvalue weighted by Crippen LogP contribution is 2.44. The van der Waals surface area contributed by atoms with E-state index in [0.717, 1.165) is 11.6 Å². The quantitative estimate of drug-likeness (QED) is 0.0926. The van der Waals surface area contributed by atoms with Gasteiger partial charge in [0.15, 0.2) is 11.6 Å². The second-order valence-corrected chi connectivity index (χ2v) is 14.9. The standard InChI is InChI=1S/C22H19F2N5O.C21H17F2N5O3.CH4/c1-28-10-16(12-3-5-13(23)6-4-12)20(22-26-11-27-29(22)2)21-19-15(18(30)9-25-21)7-14(24)8-17(19)28;1-27-21(25-11-26-27)19(15(10-28(30)31)12-5-3-2-4-6-12)20-18-14(17(29)9-24-20)7-13(22)8-16(18)23;/h3-8,11,16,20H,9-10H2,1-2H3;2-8,11,15,19H,9-10H2,1H3;1H4. The van der Waals surface area contributed by atoms with E-state index in [2.05, 4.69) is 30.2 Å². The number of Topliss-reactive ketones (excluding diaryl/α,β-unsaturated/α-hetero) is 2. The van der Waals surface area contributed by atoms with Crippen LogP contribution in [-0.4, -0.2) is 90.7 Å². The molecule has 0 saturated heterocycles. The van der Waals surface area contributed by atoms with Gasteiger partial charge in [0.25, 0.3) is 0 Å². The Morgan fingerprint density at radius 1 is 0.774 bits per heavy atom. The van der Waals surface area contributed by atoms with Crippen LogP contribution < -0.4 is 4.90 Å². The van der Waals surface area contributed by atoms with Gasteiger partial charge in [-0.2, -0.15) is 10.2 Å². The number of nitrogens with zero attached hydrogens (tertiary/aromatic N) is 10. The van der Waals surface area contributed by atoms with Gasteiger partial charge in [0.2, 0.25) is 6.54 Å². The van der Waals surface area contributed by atoms with Gasteiger partial charge in [-0.05, 0) is 41.5 Å². The summed E-state index contributed by atoms with van der Waals surface area (Å²) in [6, 6.07) is 19.4. The van der Waals surface area contributed by atoms with Crippen molar-refractivity contribution in [2.24, 2.45) is 24.1 Å². The van der Waals surface area contributed by atoms with E-state index in [9.17, 15) is 37.3 Å². The minimum absolute atomic E-state index is 0. The zero-order valence-corrected chi connectivity index (χ0v) is 32.9. The van der Waals surface area contributed by atoms with Gasteiger partial charge in [0.05, 0.1) is 29.2 Å². The number of carbonyl (C=O) groups excluding carboxylic acids is 2. The van der Waals surface area contributed by atoms with Crippen LogP contribution in [-0.2, 0) is 14.1 Å². The van der Waals surface area contributed by atoms with Crippen LogP contribution in [0.25, 0.3) is 0 Å². The minimum atomic E-state index is -0.957. The molecule has 62 heavy (non-hydrogen) atoms. The molecule has 18 heteroatoms. The van der Waals surface area contributed by atoms with Crippen molar-refractivity contribution >= 4 is 28.7 Å². The fourth-order valence-corrected chi connectivity index (χ4v) is 8.52. The monoisotopic (exact) mass is 848 g/mol. The Balaban J connectivity index is 0.000000184. The van der Waals surface area contributed by atoms with Gasteiger partial charge in [-0.3, -0.25) is 39.1 Å².